The molecule has 3 heteroatoms. The molecular formula is C12H10O3. The monoisotopic (exact) mass is 202 g/mol. The van der Waals surface area contributed by atoms with Crippen molar-refractivity contribution in [2.24, 2.45) is 0 Å². The molecule has 76 valence electrons. The molecule has 0 bridgehead atoms. The van der Waals surface area contributed by atoms with E-state index in [1.165, 1.54) is 0 Å². The van der Waals surface area contributed by atoms with Gasteiger partial charge in [0, 0.05) is 0 Å². The molecule has 0 aromatic heterocycles. The smallest absolute Gasteiger partial charge is 0.337 e. The van der Waals surface area contributed by atoms with Gasteiger partial charge in [0.25, 0.3) is 0 Å². The van der Waals surface area contributed by atoms with Crippen LogP contribution in [0.15, 0.2) is 42.5 Å². The van der Waals surface area contributed by atoms with Crippen LogP contribution in [0.2, 0.25) is 0 Å². The molecule has 0 saturated heterocycles. The van der Waals surface area contributed by atoms with Crippen molar-refractivity contribution in [3.63, 3.8) is 0 Å². The summed E-state index contributed by atoms with van der Waals surface area (Å²) in [5.74, 6) is -1.23. The van der Waals surface area contributed by atoms with Crippen LogP contribution in [0.4, 0.5) is 0 Å². The van der Waals surface area contributed by atoms with Crippen LogP contribution in [0, 0.1) is 0 Å². The van der Waals surface area contributed by atoms with Gasteiger partial charge in [-0.25, -0.2) is 4.79 Å². The number of aliphatic carboxylic acids is 1. The lowest BCUT2D eigenvalue weighted by molar-refractivity contribution is -0.146. The zero-order valence-corrected chi connectivity index (χ0v) is 7.92. The molecule has 0 heterocycles. The molecule has 0 unspecified atom stereocenters. The first-order valence-electron chi connectivity index (χ1n) is 4.58. The van der Waals surface area contributed by atoms with E-state index in [-0.39, 0.29) is 0 Å². The minimum Gasteiger partial charge on any atom is -0.479 e. The predicted octanol–water partition coefficient (Wildman–Crippen LogP) is 1.96. The van der Waals surface area contributed by atoms with Gasteiger partial charge in [-0.15, -0.1) is 0 Å². The lowest BCUT2D eigenvalue weighted by Gasteiger charge is -2.09. The van der Waals surface area contributed by atoms with E-state index >= 15 is 0 Å². The molecule has 0 aliphatic rings. The molecule has 0 radical (unpaired) electrons. The number of aliphatic hydroxyl groups is 1. The van der Waals surface area contributed by atoms with Gasteiger partial charge >= 0.3 is 5.97 Å². The molecule has 0 saturated carbocycles. The summed E-state index contributed by atoms with van der Waals surface area (Å²) in [7, 11) is 0. The van der Waals surface area contributed by atoms with Crippen LogP contribution in [0.25, 0.3) is 10.8 Å². The predicted molar refractivity (Wildman–Crippen MR) is 56.5 cm³/mol. The maximum atomic E-state index is 10.7. The SMILES string of the molecule is O=C(O)[C@H](O)c1cccc2ccccc12. The van der Waals surface area contributed by atoms with E-state index in [1.807, 2.05) is 24.3 Å². The molecule has 0 fully saturated rings. The summed E-state index contributed by atoms with van der Waals surface area (Å²) in [5, 5.41) is 19.9. The van der Waals surface area contributed by atoms with Gasteiger partial charge in [0.1, 0.15) is 0 Å². The van der Waals surface area contributed by atoms with Gasteiger partial charge in [0.15, 0.2) is 6.10 Å². The first-order valence-corrected chi connectivity index (χ1v) is 4.58. The van der Waals surface area contributed by atoms with Gasteiger partial charge in [-0.2, -0.15) is 0 Å². The molecule has 15 heavy (non-hydrogen) atoms. The quantitative estimate of drug-likeness (QED) is 0.782. The Morgan fingerprint density at radius 1 is 1.07 bits per heavy atom. The summed E-state index contributed by atoms with van der Waals surface area (Å²) < 4.78 is 0. The highest BCUT2D eigenvalue weighted by Crippen LogP contribution is 2.24. The second kappa shape index (κ2) is 3.71. The van der Waals surface area contributed by atoms with E-state index in [0.29, 0.717) is 5.56 Å². The molecular weight excluding hydrogens is 192 g/mol. The van der Waals surface area contributed by atoms with Crippen LogP contribution in [0.3, 0.4) is 0 Å². The molecule has 0 aliphatic heterocycles. The lowest BCUT2D eigenvalue weighted by Crippen LogP contribution is -2.10. The number of carboxylic acids is 1. The van der Waals surface area contributed by atoms with E-state index in [2.05, 4.69) is 0 Å². The van der Waals surface area contributed by atoms with Crippen LogP contribution in [-0.4, -0.2) is 16.2 Å². The van der Waals surface area contributed by atoms with E-state index < -0.39 is 12.1 Å². The van der Waals surface area contributed by atoms with E-state index in [9.17, 15) is 9.90 Å². The maximum Gasteiger partial charge on any atom is 0.337 e. The number of carbonyl (C=O) groups is 1. The number of aliphatic hydroxyl groups excluding tert-OH is 1. The summed E-state index contributed by atoms with van der Waals surface area (Å²) in [4.78, 5) is 10.7. The fourth-order valence-electron chi connectivity index (χ4n) is 1.62. The Morgan fingerprint density at radius 2 is 1.73 bits per heavy atom. The summed E-state index contributed by atoms with van der Waals surface area (Å²) in [5.41, 5.74) is 0.431. The molecule has 0 spiro atoms. The minimum atomic E-state index is -1.46. The normalized spacial score (nSPS) is 12.6. The van der Waals surface area contributed by atoms with Crippen LogP contribution in [-0.2, 0) is 4.79 Å². The Labute approximate surface area is 86.6 Å². The third-order valence-electron chi connectivity index (χ3n) is 2.35. The van der Waals surface area contributed by atoms with Crippen LogP contribution in [0.5, 0.6) is 0 Å². The van der Waals surface area contributed by atoms with Crippen molar-refractivity contribution in [3.8, 4) is 0 Å². The second-order valence-electron chi connectivity index (χ2n) is 3.31. The molecule has 2 N–H and O–H groups in total. The standard InChI is InChI=1S/C12H10O3/c13-11(12(14)15)10-7-3-5-8-4-1-2-6-9(8)10/h1-7,11,13H,(H,14,15)/t11-/m1/s1. The third kappa shape index (κ3) is 1.69. The van der Waals surface area contributed by atoms with Crippen molar-refractivity contribution < 1.29 is 15.0 Å². The summed E-state index contributed by atoms with van der Waals surface area (Å²) >= 11 is 0. The van der Waals surface area contributed by atoms with E-state index in [0.717, 1.165) is 10.8 Å². The van der Waals surface area contributed by atoms with Crippen LogP contribution >= 0.6 is 0 Å². The maximum absolute atomic E-state index is 10.7. The summed E-state index contributed by atoms with van der Waals surface area (Å²) in [6.07, 6.45) is -1.46. The lowest BCUT2D eigenvalue weighted by atomic mass is 10.0. The minimum absolute atomic E-state index is 0.431. The van der Waals surface area contributed by atoms with Crippen molar-refractivity contribution in [1.82, 2.24) is 0 Å². The molecule has 2 rings (SSSR count). The van der Waals surface area contributed by atoms with Gasteiger partial charge < -0.3 is 10.2 Å². The number of benzene rings is 2. The summed E-state index contributed by atoms with van der Waals surface area (Å²) in [6.45, 7) is 0. The van der Waals surface area contributed by atoms with E-state index in [1.54, 1.807) is 18.2 Å². The van der Waals surface area contributed by atoms with Crippen molar-refractivity contribution in [2.45, 2.75) is 6.10 Å². The highest BCUT2D eigenvalue weighted by molar-refractivity contribution is 5.89. The average Bonchev–Trinajstić information content (AvgIpc) is 2.27. The number of hydrogen-bond donors (Lipinski definition) is 2. The Bertz CT molecular complexity index is 500. The second-order valence-corrected chi connectivity index (χ2v) is 3.31. The Kier molecular flexibility index (Phi) is 2.39. The fourth-order valence-corrected chi connectivity index (χ4v) is 1.62. The highest BCUT2D eigenvalue weighted by atomic mass is 16.4. The molecule has 0 amide bonds. The molecule has 0 aliphatic carbocycles. The third-order valence-corrected chi connectivity index (χ3v) is 2.35. The summed E-state index contributed by atoms with van der Waals surface area (Å²) in [6, 6.07) is 12.6. The molecule has 2 aromatic rings. The van der Waals surface area contributed by atoms with Crippen molar-refractivity contribution in [2.75, 3.05) is 0 Å². The Hall–Kier alpha value is -1.87. The largest absolute Gasteiger partial charge is 0.479 e. The van der Waals surface area contributed by atoms with Gasteiger partial charge in [0.2, 0.25) is 0 Å². The van der Waals surface area contributed by atoms with Gasteiger partial charge in [-0.05, 0) is 16.3 Å². The first kappa shape index (κ1) is 9.68. The molecule has 2 aromatic carbocycles. The van der Waals surface area contributed by atoms with Crippen LogP contribution < -0.4 is 0 Å². The number of rotatable bonds is 2. The van der Waals surface area contributed by atoms with Crippen LogP contribution in [0.1, 0.15) is 11.7 Å². The highest BCUT2D eigenvalue weighted by Gasteiger charge is 2.17. The number of fused-ring (bicyclic) bond motifs is 1. The first-order chi connectivity index (χ1) is 7.20. The topological polar surface area (TPSA) is 57.5 Å². The van der Waals surface area contributed by atoms with Crippen molar-refractivity contribution in [1.29, 1.82) is 0 Å². The zero-order valence-electron chi connectivity index (χ0n) is 7.92. The van der Waals surface area contributed by atoms with Crippen molar-refractivity contribution >= 4 is 16.7 Å². The van der Waals surface area contributed by atoms with Gasteiger partial charge in [0.05, 0.1) is 0 Å². The molecule has 3 nitrogen and oxygen atoms in total. The van der Waals surface area contributed by atoms with Gasteiger partial charge in [-0.3, -0.25) is 0 Å². The van der Waals surface area contributed by atoms with Gasteiger partial charge in [-0.1, -0.05) is 42.5 Å². The van der Waals surface area contributed by atoms with Crippen molar-refractivity contribution in [3.05, 3.63) is 48.0 Å². The fraction of sp³-hybridized carbons (Fsp3) is 0.0833. The average molecular weight is 202 g/mol. The Morgan fingerprint density at radius 3 is 2.47 bits per heavy atom. The number of carboxylic acid groups (broad SMARTS) is 1. The van der Waals surface area contributed by atoms with E-state index in [4.69, 9.17) is 5.11 Å². The number of hydrogen-bond acceptors (Lipinski definition) is 2. The Balaban J connectivity index is 2.65. The molecule has 1 atom stereocenters. The zero-order chi connectivity index (χ0) is 10.8.